The van der Waals surface area contributed by atoms with Gasteiger partial charge in [0, 0.05) is 11.2 Å². The average Bonchev–Trinajstić information content (AvgIpc) is 2.53. The van der Waals surface area contributed by atoms with E-state index in [9.17, 15) is 4.79 Å². The van der Waals surface area contributed by atoms with Crippen LogP contribution in [0.15, 0.2) is 18.3 Å². The summed E-state index contributed by atoms with van der Waals surface area (Å²) < 4.78 is 5.66. The van der Waals surface area contributed by atoms with Gasteiger partial charge < -0.3 is 10.1 Å². The lowest BCUT2D eigenvalue weighted by atomic mass is 9.89. The molecule has 1 saturated heterocycles. The van der Waals surface area contributed by atoms with Gasteiger partial charge in [-0.25, -0.2) is 4.98 Å². The fourth-order valence-electron chi connectivity index (χ4n) is 2.40. The van der Waals surface area contributed by atoms with Crippen LogP contribution in [0, 0.1) is 11.8 Å². The second-order valence-corrected chi connectivity index (χ2v) is 5.22. The molecular formula is C13H17ClN2O2. The highest BCUT2D eigenvalue weighted by molar-refractivity contribution is 6.30. The molecule has 1 aliphatic heterocycles. The van der Waals surface area contributed by atoms with Crippen molar-refractivity contribution in [3.8, 4) is 0 Å². The Balaban J connectivity index is 2.08. The Morgan fingerprint density at radius 3 is 2.67 bits per heavy atom. The van der Waals surface area contributed by atoms with E-state index in [4.69, 9.17) is 16.3 Å². The standard InChI is InChI=1S/C13H17ClN2O2/c1-7-8(2)18-9(3)12(7)13(17)16-11-6-10(14)4-5-15-11/h4-9,12H,1-3H3,(H,15,16,17). The number of ether oxygens (including phenoxy) is 1. The largest absolute Gasteiger partial charge is 0.374 e. The zero-order valence-corrected chi connectivity index (χ0v) is 11.4. The molecule has 98 valence electrons. The average molecular weight is 269 g/mol. The van der Waals surface area contributed by atoms with Crippen molar-refractivity contribution >= 4 is 23.3 Å². The zero-order chi connectivity index (χ0) is 13.3. The van der Waals surface area contributed by atoms with Crippen molar-refractivity contribution in [2.24, 2.45) is 11.8 Å². The number of pyridine rings is 1. The summed E-state index contributed by atoms with van der Waals surface area (Å²) in [4.78, 5) is 16.3. The Bertz CT molecular complexity index is 452. The van der Waals surface area contributed by atoms with Crippen LogP contribution in [0.5, 0.6) is 0 Å². The Morgan fingerprint density at radius 2 is 2.11 bits per heavy atom. The van der Waals surface area contributed by atoms with Crippen LogP contribution in [-0.2, 0) is 9.53 Å². The molecule has 1 N–H and O–H groups in total. The van der Waals surface area contributed by atoms with Crippen molar-refractivity contribution in [2.75, 3.05) is 5.32 Å². The molecule has 2 heterocycles. The summed E-state index contributed by atoms with van der Waals surface area (Å²) in [5, 5.41) is 3.34. The van der Waals surface area contributed by atoms with E-state index < -0.39 is 0 Å². The van der Waals surface area contributed by atoms with Gasteiger partial charge in [-0.05, 0) is 31.9 Å². The third-order valence-corrected chi connectivity index (χ3v) is 3.75. The number of rotatable bonds is 2. The first-order valence-corrected chi connectivity index (χ1v) is 6.44. The van der Waals surface area contributed by atoms with E-state index in [1.807, 2.05) is 20.8 Å². The maximum Gasteiger partial charge on any atom is 0.231 e. The second kappa shape index (κ2) is 5.24. The van der Waals surface area contributed by atoms with Crippen LogP contribution in [-0.4, -0.2) is 23.1 Å². The molecule has 4 nitrogen and oxygen atoms in total. The number of hydrogen-bond acceptors (Lipinski definition) is 3. The minimum atomic E-state index is -0.152. The molecule has 0 aromatic carbocycles. The van der Waals surface area contributed by atoms with Crippen LogP contribution in [0.2, 0.25) is 5.02 Å². The Morgan fingerprint density at radius 1 is 1.39 bits per heavy atom. The summed E-state index contributed by atoms with van der Waals surface area (Å²) in [5.41, 5.74) is 0. The van der Waals surface area contributed by atoms with E-state index in [2.05, 4.69) is 10.3 Å². The van der Waals surface area contributed by atoms with E-state index in [-0.39, 0.29) is 30.0 Å². The van der Waals surface area contributed by atoms with Crippen molar-refractivity contribution in [1.29, 1.82) is 0 Å². The predicted molar refractivity (Wildman–Crippen MR) is 70.5 cm³/mol. The van der Waals surface area contributed by atoms with Crippen LogP contribution in [0.4, 0.5) is 5.82 Å². The van der Waals surface area contributed by atoms with Crippen molar-refractivity contribution < 1.29 is 9.53 Å². The lowest BCUT2D eigenvalue weighted by Gasteiger charge is -2.17. The molecule has 18 heavy (non-hydrogen) atoms. The number of aromatic nitrogens is 1. The molecule has 0 aliphatic carbocycles. The molecule has 0 bridgehead atoms. The molecule has 1 fully saturated rings. The third-order valence-electron chi connectivity index (χ3n) is 3.52. The van der Waals surface area contributed by atoms with Gasteiger partial charge in [0.2, 0.25) is 5.91 Å². The SMILES string of the molecule is CC1OC(C)C(C(=O)Nc2cc(Cl)ccn2)C1C. The summed E-state index contributed by atoms with van der Waals surface area (Å²) in [7, 11) is 0. The van der Waals surface area contributed by atoms with Gasteiger partial charge in [-0.1, -0.05) is 18.5 Å². The molecular weight excluding hydrogens is 252 g/mol. The summed E-state index contributed by atoms with van der Waals surface area (Å²) in [6, 6.07) is 3.30. The van der Waals surface area contributed by atoms with Crippen molar-refractivity contribution in [2.45, 2.75) is 33.0 Å². The summed E-state index contributed by atoms with van der Waals surface area (Å²) in [5.74, 6) is 0.459. The van der Waals surface area contributed by atoms with Gasteiger partial charge in [0.25, 0.3) is 0 Å². The summed E-state index contributed by atoms with van der Waals surface area (Å²) >= 11 is 5.85. The molecule has 4 atom stereocenters. The molecule has 1 amide bonds. The lowest BCUT2D eigenvalue weighted by molar-refractivity contribution is -0.122. The first-order valence-electron chi connectivity index (χ1n) is 6.07. The monoisotopic (exact) mass is 268 g/mol. The number of nitrogens with one attached hydrogen (secondary N) is 1. The molecule has 0 spiro atoms. The first-order chi connectivity index (χ1) is 8.49. The lowest BCUT2D eigenvalue weighted by Crippen LogP contribution is -2.32. The topological polar surface area (TPSA) is 51.2 Å². The van der Waals surface area contributed by atoms with Crippen molar-refractivity contribution in [1.82, 2.24) is 4.98 Å². The van der Waals surface area contributed by atoms with Crippen LogP contribution >= 0.6 is 11.6 Å². The zero-order valence-electron chi connectivity index (χ0n) is 10.7. The fraction of sp³-hybridized carbons (Fsp3) is 0.538. The predicted octanol–water partition coefficient (Wildman–Crippen LogP) is 2.73. The van der Waals surface area contributed by atoms with Crippen molar-refractivity contribution in [3.63, 3.8) is 0 Å². The quantitative estimate of drug-likeness (QED) is 0.897. The third kappa shape index (κ3) is 2.65. The second-order valence-electron chi connectivity index (χ2n) is 4.78. The molecule has 1 aromatic heterocycles. The number of carbonyl (C=O) groups is 1. The van der Waals surface area contributed by atoms with Gasteiger partial charge in [0.1, 0.15) is 5.82 Å². The number of halogens is 1. The molecule has 4 unspecified atom stereocenters. The first kappa shape index (κ1) is 13.3. The molecule has 2 rings (SSSR count). The summed E-state index contributed by atoms with van der Waals surface area (Å²) in [6.45, 7) is 5.95. The van der Waals surface area contributed by atoms with E-state index in [1.54, 1.807) is 18.3 Å². The molecule has 0 radical (unpaired) electrons. The number of carbonyl (C=O) groups excluding carboxylic acids is 1. The van der Waals surface area contributed by atoms with E-state index in [0.717, 1.165) is 0 Å². The maximum atomic E-state index is 12.2. The Hall–Kier alpha value is -1.13. The highest BCUT2D eigenvalue weighted by Gasteiger charge is 2.41. The normalized spacial score (nSPS) is 31.3. The molecule has 5 heteroatoms. The maximum absolute atomic E-state index is 12.2. The minimum Gasteiger partial charge on any atom is -0.374 e. The van der Waals surface area contributed by atoms with Gasteiger partial charge in [0.15, 0.2) is 0 Å². The van der Waals surface area contributed by atoms with Crippen LogP contribution in [0.3, 0.4) is 0 Å². The molecule has 1 aromatic rings. The van der Waals surface area contributed by atoms with E-state index >= 15 is 0 Å². The van der Waals surface area contributed by atoms with Gasteiger partial charge in [-0.2, -0.15) is 0 Å². The van der Waals surface area contributed by atoms with Gasteiger partial charge in [-0.3, -0.25) is 4.79 Å². The van der Waals surface area contributed by atoms with Crippen molar-refractivity contribution in [3.05, 3.63) is 23.4 Å². The highest BCUT2D eigenvalue weighted by Crippen LogP contribution is 2.32. The van der Waals surface area contributed by atoms with Crippen LogP contribution in [0.25, 0.3) is 0 Å². The number of hydrogen-bond donors (Lipinski definition) is 1. The summed E-state index contributed by atoms with van der Waals surface area (Å²) in [6.07, 6.45) is 1.59. The van der Waals surface area contributed by atoms with Crippen LogP contribution in [0.1, 0.15) is 20.8 Å². The molecule has 0 saturated carbocycles. The highest BCUT2D eigenvalue weighted by atomic mass is 35.5. The van der Waals surface area contributed by atoms with E-state index in [0.29, 0.717) is 10.8 Å². The van der Waals surface area contributed by atoms with E-state index in [1.165, 1.54) is 0 Å². The number of amides is 1. The number of nitrogens with zero attached hydrogens (tertiary/aromatic N) is 1. The smallest absolute Gasteiger partial charge is 0.231 e. The van der Waals surface area contributed by atoms with Crippen LogP contribution < -0.4 is 5.32 Å². The molecule has 1 aliphatic rings. The Labute approximate surface area is 112 Å². The van der Waals surface area contributed by atoms with Gasteiger partial charge in [-0.15, -0.1) is 0 Å². The fourth-order valence-corrected chi connectivity index (χ4v) is 2.56. The Kier molecular flexibility index (Phi) is 3.88. The van der Waals surface area contributed by atoms with Gasteiger partial charge in [0.05, 0.1) is 18.1 Å². The number of anilines is 1. The van der Waals surface area contributed by atoms with Gasteiger partial charge >= 0.3 is 0 Å². The minimum absolute atomic E-state index is 0.0610.